The van der Waals surface area contributed by atoms with Crippen LogP contribution in [-0.2, 0) is 11.2 Å². The lowest BCUT2D eigenvalue weighted by molar-refractivity contribution is -0.120. The highest BCUT2D eigenvalue weighted by molar-refractivity contribution is 8.00. The molecule has 0 unspecified atom stereocenters. The highest BCUT2D eigenvalue weighted by Crippen LogP contribution is 2.23. The molecule has 0 aliphatic rings. The zero-order valence-electron chi connectivity index (χ0n) is 13.4. The normalized spacial score (nSPS) is 13.4. The van der Waals surface area contributed by atoms with Crippen LogP contribution < -0.4 is 5.32 Å². The molecule has 2 nitrogen and oxygen atoms in total. The summed E-state index contributed by atoms with van der Waals surface area (Å²) in [5.74, 6) is 0.0703. The molecule has 2 aromatic carbocycles. The number of rotatable bonds is 6. The van der Waals surface area contributed by atoms with Crippen LogP contribution in [0.15, 0.2) is 59.5 Å². The van der Waals surface area contributed by atoms with Gasteiger partial charge < -0.3 is 5.32 Å². The van der Waals surface area contributed by atoms with Gasteiger partial charge in [0.25, 0.3) is 0 Å². The molecule has 0 heterocycles. The average Bonchev–Trinajstić information content (AvgIpc) is 2.55. The van der Waals surface area contributed by atoms with E-state index in [9.17, 15) is 4.79 Å². The van der Waals surface area contributed by atoms with E-state index < -0.39 is 0 Å². The van der Waals surface area contributed by atoms with Gasteiger partial charge in [-0.05, 0) is 43.5 Å². The number of hydrogen-bond donors (Lipinski definition) is 1. The van der Waals surface area contributed by atoms with E-state index in [4.69, 9.17) is 0 Å². The molecule has 0 radical (unpaired) electrons. The van der Waals surface area contributed by atoms with Crippen LogP contribution in [0.4, 0.5) is 0 Å². The fourth-order valence-electron chi connectivity index (χ4n) is 2.21. The van der Waals surface area contributed by atoms with Crippen LogP contribution in [-0.4, -0.2) is 11.2 Å². The molecule has 1 N–H and O–H groups in total. The second-order valence-corrected chi connectivity index (χ2v) is 6.81. The third kappa shape index (κ3) is 4.63. The first kappa shape index (κ1) is 16.6. The van der Waals surface area contributed by atoms with Crippen molar-refractivity contribution in [2.75, 3.05) is 0 Å². The Morgan fingerprint density at radius 3 is 2.27 bits per heavy atom. The first-order valence-corrected chi connectivity index (χ1v) is 8.59. The van der Waals surface area contributed by atoms with Gasteiger partial charge in [-0.15, -0.1) is 11.8 Å². The Bertz CT molecular complexity index is 595. The monoisotopic (exact) mass is 313 g/mol. The quantitative estimate of drug-likeness (QED) is 0.789. The van der Waals surface area contributed by atoms with E-state index in [1.165, 1.54) is 5.56 Å². The summed E-state index contributed by atoms with van der Waals surface area (Å²) in [5.41, 5.74) is 2.46. The van der Waals surface area contributed by atoms with Crippen LogP contribution in [0.3, 0.4) is 0 Å². The van der Waals surface area contributed by atoms with Gasteiger partial charge in [0.1, 0.15) is 0 Å². The van der Waals surface area contributed by atoms with E-state index in [1.54, 1.807) is 11.8 Å². The molecule has 2 rings (SSSR count). The molecule has 0 aromatic heterocycles. The molecule has 2 aromatic rings. The maximum atomic E-state index is 12.3. The van der Waals surface area contributed by atoms with E-state index in [-0.39, 0.29) is 17.2 Å². The number of nitrogens with one attached hydrogen (secondary N) is 1. The number of carbonyl (C=O) groups excluding carboxylic acids is 1. The molecule has 22 heavy (non-hydrogen) atoms. The highest BCUT2D eigenvalue weighted by atomic mass is 32.2. The van der Waals surface area contributed by atoms with Gasteiger partial charge in [-0.1, -0.05) is 49.4 Å². The SMILES string of the molecule is CCc1ccc([C@@H](C)NC(=O)[C@@H](C)Sc2ccccc2)cc1. The lowest BCUT2D eigenvalue weighted by Gasteiger charge is -2.18. The Morgan fingerprint density at radius 2 is 1.68 bits per heavy atom. The molecule has 1 amide bonds. The second-order valence-electron chi connectivity index (χ2n) is 5.40. The molecule has 116 valence electrons. The second kappa shape index (κ2) is 8.04. The van der Waals surface area contributed by atoms with Crippen molar-refractivity contribution >= 4 is 17.7 Å². The minimum Gasteiger partial charge on any atom is -0.349 e. The molecule has 0 spiro atoms. The topological polar surface area (TPSA) is 29.1 Å². The van der Waals surface area contributed by atoms with Crippen molar-refractivity contribution in [2.45, 2.75) is 43.4 Å². The number of benzene rings is 2. The molecular formula is C19H23NOS. The molecule has 2 atom stereocenters. The average molecular weight is 313 g/mol. The van der Waals surface area contributed by atoms with E-state index in [1.807, 2.05) is 44.2 Å². The van der Waals surface area contributed by atoms with Crippen LogP contribution in [0, 0.1) is 0 Å². The fraction of sp³-hybridized carbons (Fsp3) is 0.316. The van der Waals surface area contributed by atoms with E-state index >= 15 is 0 Å². The Hall–Kier alpha value is -1.74. The van der Waals surface area contributed by atoms with Crippen molar-refractivity contribution in [1.29, 1.82) is 0 Å². The third-order valence-corrected chi connectivity index (χ3v) is 4.78. The molecule has 0 saturated heterocycles. The lowest BCUT2D eigenvalue weighted by atomic mass is 10.0. The van der Waals surface area contributed by atoms with Gasteiger partial charge >= 0.3 is 0 Å². The summed E-state index contributed by atoms with van der Waals surface area (Å²) in [6.45, 7) is 6.11. The molecule has 0 aliphatic heterocycles. The number of aryl methyl sites for hydroxylation is 1. The van der Waals surface area contributed by atoms with Gasteiger partial charge in [0.05, 0.1) is 11.3 Å². The minimum atomic E-state index is -0.111. The minimum absolute atomic E-state index is 0.0252. The molecule has 0 aliphatic carbocycles. The Labute approximate surface area is 137 Å². The molecule has 3 heteroatoms. The predicted octanol–water partition coefficient (Wildman–Crippen LogP) is 4.61. The van der Waals surface area contributed by atoms with Gasteiger partial charge in [-0.25, -0.2) is 0 Å². The van der Waals surface area contributed by atoms with Crippen LogP contribution in [0.5, 0.6) is 0 Å². The largest absolute Gasteiger partial charge is 0.349 e. The molecule has 0 fully saturated rings. The zero-order valence-corrected chi connectivity index (χ0v) is 14.2. The van der Waals surface area contributed by atoms with Gasteiger partial charge in [-0.2, -0.15) is 0 Å². The zero-order chi connectivity index (χ0) is 15.9. The van der Waals surface area contributed by atoms with Crippen molar-refractivity contribution in [3.05, 3.63) is 65.7 Å². The van der Waals surface area contributed by atoms with Gasteiger partial charge in [0.2, 0.25) is 5.91 Å². The fourth-order valence-corrected chi connectivity index (χ4v) is 3.11. The summed E-state index contributed by atoms with van der Waals surface area (Å²) in [5, 5.41) is 2.98. The number of thioether (sulfide) groups is 1. The van der Waals surface area contributed by atoms with Crippen molar-refractivity contribution in [3.63, 3.8) is 0 Å². The Kier molecular flexibility index (Phi) is 6.08. The highest BCUT2D eigenvalue weighted by Gasteiger charge is 2.17. The first-order chi connectivity index (χ1) is 10.6. The summed E-state index contributed by atoms with van der Waals surface area (Å²) >= 11 is 1.58. The van der Waals surface area contributed by atoms with Crippen LogP contribution >= 0.6 is 11.8 Å². The summed E-state index contributed by atoms with van der Waals surface area (Å²) in [6, 6.07) is 18.5. The number of amides is 1. The summed E-state index contributed by atoms with van der Waals surface area (Å²) in [7, 11) is 0. The van der Waals surface area contributed by atoms with E-state index in [2.05, 4.69) is 36.5 Å². The lowest BCUT2D eigenvalue weighted by Crippen LogP contribution is -2.33. The summed E-state index contributed by atoms with van der Waals surface area (Å²) in [4.78, 5) is 13.4. The molecular weight excluding hydrogens is 290 g/mol. The van der Waals surface area contributed by atoms with Crippen molar-refractivity contribution in [3.8, 4) is 0 Å². The van der Waals surface area contributed by atoms with E-state index in [0.29, 0.717) is 0 Å². The Balaban J connectivity index is 1.92. The third-order valence-electron chi connectivity index (χ3n) is 3.67. The van der Waals surface area contributed by atoms with Crippen molar-refractivity contribution in [2.24, 2.45) is 0 Å². The molecule has 0 bridgehead atoms. The van der Waals surface area contributed by atoms with Crippen LogP contribution in [0.1, 0.15) is 37.9 Å². The van der Waals surface area contributed by atoms with Gasteiger partial charge in [-0.3, -0.25) is 4.79 Å². The smallest absolute Gasteiger partial charge is 0.233 e. The molecule has 0 saturated carbocycles. The number of carbonyl (C=O) groups is 1. The maximum absolute atomic E-state index is 12.3. The number of hydrogen-bond acceptors (Lipinski definition) is 2. The maximum Gasteiger partial charge on any atom is 0.233 e. The van der Waals surface area contributed by atoms with Crippen LogP contribution in [0.2, 0.25) is 0 Å². The first-order valence-electron chi connectivity index (χ1n) is 7.71. The van der Waals surface area contributed by atoms with Crippen molar-refractivity contribution in [1.82, 2.24) is 5.32 Å². The van der Waals surface area contributed by atoms with Gasteiger partial charge in [0, 0.05) is 4.90 Å². The van der Waals surface area contributed by atoms with Crippen LogP contribution in [0.25, 0.3) is 0 Å². The Morgan fingerprint density at radius 1 is 1.05 bits per heavy atom. The van der Waals surface area contributed by atoms with Gasteiger partial charge in [0.15, 0.2) is 0 Å². The van der Waals surface area contributed by atoms with Crippen molar-refractivity contribution < 1.29 is 4.79 Å². The standard InChI is InChI=1S/C19H23NOS/c1-4-16-10-12-17(13-11-16)14(2)20-19(21)15(3)22-18-8-6-5-7-9-18/h5-15H,4H2,1-3H3,(H,20,21)/t14-,15-/m1/s1. The summed E-state index contributed by atoms with van der Waals surface area (Å²) < 4.78 is 0. The van der Waals surface area contributed by atoms with E-state index in [0.717, 1.165) is 16.9 Å². The summed E-state index contributed by atoms with van der Waals surface area (Å²) in [6.07, 6.45) is 1.03. The predicted molar refractivity (Wildman–Crippen MR) is 94.1 cm³/mol.